The minimum absolute atomic E-state index is 0.420. The van der Waals surface area contributed by atoms with E-state index in [4.69, 9.17) is 4.74 Å². The van der Waals surface area contributed by atoms with Gasteiger partial charge < -0.3 is 9.64 Å². The lowest BCUT2D eigenvalue weighted by Gasteiger charge is -2.57. The molecule has 5 unspecified atom stereocenters. The molecule has 20 heavy (non-hydrogen) atoms. The summed E-state index contributed by atoms with van der Waals surface area (Å²) in [6.45, 7) is 3.42. The molecule has 4 heterocycles. The van der Waals surface area contributed by atoms with Crippen molar-refractivity contribution in [3.63, 3.8) is 0 Å². The molecular formula is C16H26N2O2. The molecule has 4 saturated heterocycles. The molecule has 0 spiro atoms. The first-order valence-corrected chi connectivity index (χ1v) is 8.32. The third kappa shape index (κ3) is 2.00. The molecule has 4 aliphatic heterocycles. The molecule has 4 nitrogen and oxygen atoms in total. The largest absolute Gasteiger partial charge is 0.381 e. The van der Waals surface area contributed by atoms with Crippen molar-refractivity contribution >= 4 is 5.91 Å². The Morgan fingerprint density at radius 1 is 1.10 bits per heavy atom. The lowest BCUT2D eigenvalue weighted by Crippen LogP contribution is -2.65. The number of piperidine rings is 4. The van der Waals surface area contributed by atoms with Crippen molar-refractivity contribution in [2.45, 2.75) is 56.7 Å². The minimum Gasteiger partial charge on any atom is -0.381 e. The number of rotatable bonds is 1. The first-order valence-electron chi connectivity index (χ1n) is 8.32. The van der Waals surface area contributed by atoms with Gasteiger partial charge in [-0.05, 0) is 43.9 Å². The quantitative estimate of drug-likeness (QED) is 0.728. The van der Waals surface area contributed by atoms with E-state index in [0.29, 0.717) is 30.0 Å². The highest BCUT2D eigenvalue weighted by Crippen LogP contribution is 2.43. The maximum absolute atomic E-state index is 12.2. The smallest absolute Gasteiger partial charge is 0.222 e. The lowest BCUT2D eigenvalue weighted by atomic mass is 9.70. The number of ether oxygens (including phenoxy) is 1. The monoisotopic (exact) mass is 278 g/mol. The molecule has 4 heteroatoms. The molecule has 2 bridgehead atoms. The number of hydrogen-bond donors (Lipinski definition) is 0. The Labute approximate surface area is 121 Å². The molecule has 0 aromatic carbocycles. The third-order valence-corrected chi connectivity index (χ3v) is 6.25. The van der Waals surface area contributed by atoms with Crippen LogP contribution in [0.2, 0.25) is 0 Å². The van der Waals surface area contributed by atoms with Crippen LogP contribution in [0.25, 0.3) is 0 Å². The highest BCUT2D eigenvalue weighted by molar-refractivity contribution is 5.77. The third-order valence-electron chi connectivity index (χ3n) is 6.25. The summed E-state index contributed by atoms with van der Waals surface area (Å²) in [5.41, 5.74) is 0. The zero-order valence-electron chi connectivity index (χ0n) is 12.5. The predicted octanol–water partition coefficient (Wildman–Crippen LogP) is 1.50. The highest BCUT2D eigenvalue weighted by atomic mass is 16.5. The maximum Gasteiger partial charge on any atom is 0.222 e. The number of carbonyl (C=O) groups is 1. The average Bonchev–Trinajstić information content (AvgIpc) is 2.48. The van der Waals surface area contributed by atoms with Gasteiger partial charge in [0.1, 0.15) is 0 Å². The van der Waals surface area contributed by atoms with Gasteiger partial charge in [0.05, 0.1) is 6.10 Å². The van der Waals surface area contributed by atoms with E-state index in [9.17, 15) is 4.79 Å². The number of hydrogen-bond acceptors (Lipinski definition) is 3. The summed E-state index contributed by atoms with van der Waals surface area (Å²) in [7, 11) is 1.84. The van der Waals surface area contributed by atoms with Gasteiger partial charge in [0.25, 0.3) is 0 Å². The van der Waals surface area contributed by atoms with E-state index < -0.39 is 0 Å². The minimum atomic E-state index is 0.420. The summed E-state index contributed by atoms with van der Waals surface area (Å²) >= 11 is 0. The predicted molar refractivity (Wildman–Crippen MR) is 76.3 cm³/mol. The van der Waals surface area contributed by atoms with Crippen molar-refractivity contribution in [2.75, 3.05) is 26.7 Å². The molecular weight excluding hydrogens is 252 g/mol. The summed E-state index contributed by atoms with van der Waals surface area (Å²) in [4.78, 5) is 17.2. The number of nitrogens with zero attached hydrogens (tertiary/aromatic N) is 2. The van der Waals surface area contributed by atoms with Gasteiger partial charge in [-0.2, -0.15) is 0 Å². The van der Waals surface area contributed by atoms with Gasteiger partial charge in [0, 0.05) is 45.2 Å². The summed E-state index contributed by atoms with van der Waals surface area (Å²) in [6.07, 6.45) is 7.25. The van der Waals surface area contributed by atoms with Crippen LogP contribution in [0.15, 0.2) is 0 Å². The van der Waals surface area contributed by atoms with E-state index in [1.165, 1.54) is 38.8 Å². The van der Waals surface area contributed by atoms with Gasteiger partial charge in [-0.25, -0.2) is 0 Å². The van der Waals surface area contributed by atoms with Crippen molar-refractivity contribution in [3.05, 3.63) is 0 Å². The fourth-order valence-corrected chi connectivity index (χ4v) is 5.27. The van der Waals surface area contributed by atoms with Crippen LogP contribution in [0.3, 0.4) is 0 Å². The fraction of sp³-hybridized carbons (Fsp3) is 0.938. The van der Waals surface area contributed by atoms with Gasteiger partial charge in [0.2, 0.25) is 5.91 Å². The normalized spacial score (nSPS) is 45.0. The van der Waals surface area contributed by atoms with Crippen molar-refractivity contribution in [2.24, 2.45) is 11.8 Å². The summed E-state index contributed by atoms with van der Waals surface area (Å²) < 4.78 is 5.60. The zero-order valence-corrected chi connectivity index (χ0v) is 12.5. The molecule has 0 saturated carbocycles. The second kappa shape index (κ2) is 4.99. The van der Waals surface area contributed by atoms with Gasteiger partial charge in [-0.1, -0.05) is 0 Å². The van der Waals surface area contributed by atoms with E-state index >= 15 is 0 Å². The second-order valence-corrected chi connectivity index (χ2v) is 7.21. The van der Waals surface area contributed by atoms with Crippen molar-refractivity contribution in [1.29, 1.82) is 0 Å². The van der Waals surface area contributed by atoms with Crippen LogP contribution in [0.5, 0.6) is 0 Å². The number of fused-ring (bicyclic) bond motifs is 6. The Hall–Kier alpha value is -0.610. The Morgan fingerprint density at radius 2 is 1.95 bits per heavy atom. The van der Waals surface area contributed by atoms with Crippen LogP contribution in [0.4, 0.5) is 0 Å². The molecule has 0 aromatic rings. The number of carbonyl (C=O) groups excluding carboxylic acids is 1. The molecule has 4 rings (SSSR count). The fourth-order valence-electron chi connectivity index (χ4n) is 5.27. The Bertz CT molecular complexity index is 400. The van der Waals surface area contributed by atoms with Crippen LogP contribution in [-0.2, 0) is 9.53 Å². The molecule has 0 aromatic heterocycles. The van der Waals surface area contributed by atoms with Crippen molar-refractivity contribution in [3.8, 4) is 0 Å². The van der Waals surface area contributed by atoms with Gasteiger partial charge in [-0.3, -0.25) is 9.69 Å². The van der Waals surface area contributed by atoms with Crippen molar-refractivity contribution < 1.29 is 9.53 Å². The Morgan fingerprint density at radius 3 is 2.80 bits per heavy atom. The molecule has 5 atom stereocenters. The van der Waals surface area contributed by atoms with Crippen LogP contribution in [0, 0.1) is 11.8 Å². The van der Waals surface area contributed by atoms with Crippen LogP contribution < -0.4 is 0 Å². The van der Waals surface area contributed by atoms with Gasteiger partial charge in [-0.15, -0.1) is 0 Å². The van der Waals surface area contributed by atoms with Crippen LogP contribution in [-0.4, -0.2) is 60.6 Å². The standard InChI is InChI=1S/C16H26N2O2/c1-20-13-5-6-17-9-11-7-12(15(17)8-13)10-18-14(11)3-2-4-16(18)19/h11-15H,2-10H2,1H3. The SMILES string of the molecule is COC1CCN2CC3CC(CN4C(=O)CCCC34)C2C1. The van der Waals surface area contributed by atoms with E-state index in [1.807, 2.05) is 7.11 Å². The molecule has 1 amide bonds. The topological polar surface area (TPSA) is 32.8 Å². The van der Waals surface area contributed by atoms with Gasteiger partial charge >= 0.3 is 0 Å². The first kappa shape index (κ1) is 13.1. The zero-order chi connectivity index (χ0) is 13.7. The molecule has 0 aliphatic carbocycles. The van der Waals surface area contributed by atoms with E-state index in [-0.39, 0.29) is 0 Å². The molecule has 112 valence electrons. The second-order valence-electron chi connectivity index (χ2n) is 7.21. The van der Waals surface area contributed by atoms with E-state index in [0.717, 1.165) is 25.3 Å². The Kier molecular flexibility index (Phi) is 3.26. The molecule has 0 N–H and O–H groups in total. The van der Waals surface area contributed by atoms with E-state index in [2.05, 4.69) is 9.80 Å². The van der Waals surface area contributed by atoms with Crippen LogP contribution >= 0.6 is 0 Å². The van der Waals surface area contributed by atoms with Gasteiger partial charge in [0.15, 0.2) is 0 Å². The lowest BCUT2D eigenvalue weighted by molar-refractivity contribution is -0.150. The molecule has 4 aliphatic rings. The van der Waals surface area contributed by atoms with Crippen LogP contribution in [0.1, 0.15) is 38.5 Å². The maximum atomic E-state index is 12.2. The number of methoxy groups -OCH3 is 1. The van der Waals surface area contributed by atoms with Crippen molar-refractivity contribution in [1.82, 2.24) is 9.80 Å². The summed E-state index contributed by atoms with van der Waals surface area (Å²) in [5, 5.41) is 0. The highest BCUT2D eigenvalue weighted by Gasteiger charge is 2.49. The molecule has 4 fully saturated rings. The summed E-state index contributed by atoms with van der Waals surface area (Å²) in [6, 6.07) is 1.20. The number of amides is 1. The Balaban J connectivity index is 1.55. The first-order chi connectivity index (χ1) is 9.76. The summed E-state index contributed by atoms with van der Waals surface area (Å²) in [5.74, 6) is 1.84. The molecule has 0 radical (unpaired) electrons. The van der Waals surface area contributed by atoms with E-state index in [1.54, 1.807) is 0 Å². The average molecular weight is 278 g/mol.